The summed E-state index contributed by atoms with van der Waals surface area (Å²) in [5.74, 6) is 1.90. The second-order valence-corrected chi connectivity index (χ2v) is 8.15. The maximum atomic E-state index is 10.7. The van der Waals surface area contributed by atoms with Gasteiger partial charge >= 0.3 is 0 Å². The molecule has 3 aliphatic rings. The Kier molecular flexibility index (Phi) is 3.81. The molecule has 0 radical (unpaired) electrons. The number of hydrogen-bond acceptors (Lipinski definition) is 4. The Morgan fingerprint density at radius 1 is 1.17 bits per heavy atom. The zero-order valence-electron chi connectivity index (χ0n) is 14.5. The average molecular weight is 332 g/mol. The van der Waals surface area contributed by atoms with E-state index >= 15 is 0 Å². The van der Waals surface area contributed by atoms with E-state index in [1.807, 2.05) is 13.0 Å². The molecule has 0 aromatic heterocycles. The Bertz CT molecular complexity index is 643. The highest BCUT2D eigenvalue weighted by Crippen LogP contribution is 2.62. The number of ether oxygens (including phenoxy) is 1. The van der Waals surface area contributed by atoms with Crippen molar-refractivity contribution in [1.82, 2.24) is 0 Å². The Balaban J connectivity index is 1.75. The number of phenolic OH excluding ortho intramolecular Hbond substituents is 1. The zero-order chi connectivity index (χ0) is 17.1. The molecular weight excluding hydrogens is 304 g/mol. The predicted octanol–water partition coefficient (Wildman–Crippen LogP) is 3.50. The van der Waals surface area contributed by atoms with Gasteiger partial charge in [0, 0.05) is 0 Å². The molecule has 1 aromatic rings. The molecular formula is C20H28O4. The summed E-state index contributed by atoms with van der Waals surface area (Å²) >= 11 is 0. The van der Waals surface area contributed by atoms with Crippen LogP contribution in [0.1, 0.15) is 69.1 Å². The summed E-state index contributed by atoms with van der Waals surface area (Å²) in [6, 6.07) is 3.64. The third-order valence-corrected chi connectivity index (χ3v) is 7.11. The normalized spacial score (nSPS) is 40.6. The molecule has 0 aliphatic heterocycles. The van der Waals surface area contributed by atoms with Gasteiger partial charge in [-0.1, -0.05) is 6.92 Å². The number of aliphatic hydroxyl groups is 2. The Labute approximate surface area is 143 Å². The average Bonchev–Trinajstić information content (AvgIpc) is 2.85. The second-order valence-electron chi connectivity index (χ2n) is 8.15. The van der Waals surface area contributed by atoms with E-state index in [4.69, 9.17) is 4.74 Å². The van der Waals surface area contributed by atoms with Gasteiger partial charge in [-0.2, -0.15) is 0 Å². The van der Waals surface area contributed by atoms with Crippen molar-refractivity contribution in [3.8, 4) is 11.5 Å². The van der Waals surface area contributed by atoms with Crippen molar-refractivity contribution in [1.29, 1.82) is 0 Å². The summed E-state index contributed by atoms with van der Waals surface area (Å²) in [7, 11) is 0. The van der Waals surface area contributed by atoms with Crippen LogP contribution in [0.5, 0.6) is 11.5 Å². The van der Waals surface area contributed by atoms with E-state index in [9.17, 15) is 15.3 Å². The molecule has 2 saturated carbocycles. The molecule has 4 heteroatoms. The molecule has 3 aliphatic carbocycles. The third-order valence-electron chi connectivity index (χ3n) is 7.11. The maximum Gasteiger partial charge on any atom is 0.161 e. The van der Waals surface area contributed by atoms with Crippen molar-refractivity contribution in [3.05, 3.63) is 23.3 Å². The molecule has 0 heterocycles. The lowest BCUT2D eigenvalue weighted by Gasteiger charge is -2.51. The van der Waals surface area contributed by atoms with Crippen LogP contribution in [0.4, 0.5) is 0 Å². The summed E-state index contributed by atoms with van der Waals surface area (Å²) in [4.78, 5) is 0. The molecule has 2 fully saturated rings. The molecule has 1 aromatic carbocycles. The topological polar surface area (TPSA) is 69.9 Å². The fourth-order valence-electron chi connectivity index (χ4n) is 5.84. The van der Waals surface area contributed by atoms with E-state index in [1.54, 1.807) is 6.07 Å². The summed E-state index contributed by atoms with van der Waals surface area (Å²) in [6.45, 7) is 4.65. The van der Waals surface area contributed by atoms with E-state index in [1.165, 1.54) is 0 Å². The number of fused-ring (bicyclic) bond motifs is 5. The van der Waals surface area contributed by atoms with Crippen LogP contribution in [0, 0.1) is 17.3 Å². The number of benzene rings is 1. The predicted molar refractivity (Wildman–Crippen MR) is 91.2 cm³/mol. The first-order valence-corrected chi connectivity index (χ1v) is 9.31. The van der Waals surface area contributed by atoms with Crippen molar-refractivity contribution in [2.24, 2.45) is 17.3 Å². The van der Waals surface area contributed by atoms with Gasteiger partial charge in [0.1, 0.15) is 0 Å². The van der Waals surface area contributed by atoms with E-state index in [2.05, 4.69) is 6.92 Å². The van der Waals surface area contributed by atoms with E-state index in [0.29, 0.717) is 30.1 Å². The summed E-state index contributed by atoms with van der Waals surface area (Å²) < 4.78 is 5.57. The molecule has 24 heavy (non-hydrogen) atoms. The Morgan fingerprint density at radius 3 is 2.71 bits per heavy atom. The van der Waals surface area contributed by atoms with Gasteiger partial charge in [-0.05, 0) is 85.5 Å². The minimum absolute atomic E-state index is 0.00193. The van der Waals surface area contributed by atoms with Crippen LogP contribution in [0.15, 0.2) is 12.1 Å². The van der Waals surface area contributed by atoms with E-state index in [0.717, 1.165) is 43.2 Å². The van der Waals surface area contributed by atoms with E-state index in [-0.39, 0.29) is 17.3 Å². The highest BCUT2D eigenvalue weighted by molar-refractivity contribution is 5.50. The highest BCUT2D eigenvalue weighted by Gasteiger charge is 2.55. The van der Waals surface area contributed by atoms with Crippen LogP contribution in [-0.2, 0) is 0 Å². The highest BCUT2D eigenvalue weighted by atomic mass is 16.5. The second kappa shape index (κ2) is 5.63. The molecule has 6 atom stereocenters. The molecule has 0 bridgehead atoms. The Morgan fingerprint density at radius 2 is 1.96 bits per heavy atom. The quantitative estimate of drug-likeness (QED) is 0.775. The lowest BCUT2D eigenvalue weighted by Crippen LogP contribution is -2.44. The number of rotatable bonds is 2. The molecule has 4 unspecified atom stereocenters. The van der Waals surface area contributed by atoms with Crippen LogP contribution in [-0.4, -0.2) is 28.0 Å². The van der Waals surface area contributed by atoms with Crippen LogP contribution >= 0.6 is 0 Å². The van der Waals surface area contributed by atoms with Gasteiger partial charge in [0.25, 0.3) is 0 Å². The summed E-state index contributed by atoms with van der Waals surface area (Å²) in [5.41, 5.74) is 2.00. The van der Waals surface area contributed by atoms with Gasteiger partial charge in [0.2, 0.25) is 0 Å². The van der Waals surface area contributed by atoms with Gasteiger partial charge in [0.05, 0.1) is 18.8 Å². The molecule has 4 nitrogen and oxygen atoms in total. The van der Waals surface area contributed by atoms with E-state index < -0.39 is 6.10 Å². The number of aromatic hydroxyl groups is 1. The molecule has 0 saturated heterocycles. The fraction of sp³-hybridized carbons (Fsp3) is 0.700. The van der Waals surface area contributed by atoms with Crippen molar-refractivity contribution < 1.29 is 20.1 Å². The SMILES string of the molecule is CCOc1cc2c(cc1O)C(O)CC1C2CC[C@@]2(C)C1CC[C@@H]2O. The smallest absolute Gasteiger partial charge is 0.161 e. The van der Waals surface area contributed by atoms with Crippen LogP contribution in [0.25, 0.3) is 0 Å². The largest absolute Gasteiger partial charge is 0.504 e. The van der Waals surface area contributed by atoms with Crippen molar-refractivity contribution in [3.63, 3.8) is 0 Å². The maximum absolute atomic E-state index is 10.7. The number of phenols is 1. The molecule has 4 rings (SSSR count). The van der Waals surface area contributed by atoms with Crippen LogP contribution in [0.3, 0.4) is 0 Å². The van der Waals surface area contributed by atoms with Crippen molar-refractivity contribution in [2.75, 3.05) is 6.61 Å². The van der Waals surface area contributed by atoms with Gasteiger partial charge in [-0.3, -0.25) is 0 Å². The minimum Gasteiger partial charge on any atom is -0.504 e. The number of hydrogen-bond donors (Lipinski definition) is 3. The van der Waals surface area contributed by atoms with Gasteiger partial charge in [-0.15, -0.1) is 0 Å². The lowest BCUT2D eigenvalue weighted by atomic mass is 9.55. The first kappa shape index (κ1) is 16.2. The van der Waals surface area contributed by atoms with Crippen LogP contribution in [0.2, 0.25) is 0 Å². The summed E-state index contributed by atoms with van der Waals surface area (Å²) in [5, 5.41) is 31.3. The fourth-order valence-corrected chi connectivity index (χ4v) is 5.84. The minimum atomic E-state index is -0.539. The first-order valence-electron chi connectivity index (χ1n) is 9.31. The standard InChI is InChI=1S/C20H28O4/c1-3-24-18-10-12-11-6-7-20(2)15(4-5-19(20)23)13(11)8-16(21)14(12)9-17(18)22/h9-11,13,15-16,19,21-23H,3-8H2,1-2H3/t11?,13?,15?,16?,19-,20-/m0/s1. The Hall–Kier alpha value is -1.26. The number of aliphatic hydroxyl groups excluding tert-OH is 2. The molecule has 3 N–H and O–H groups in total. The van der Waals surface area contributed by atoms with Gasteiger partial charge < -0.3 is 20.1 Å². The zero-order valence-corrected chi connectivity index (χ0v) is 14.5. The van der Waals surface area contributed by atoms with Crippen molar-refractivity contribution in [2.45, 2.75) is 64.1 Å². The van der Waals surface area contributed by atoms with Crippen molar-refractivity contribution >= 4 is 0 Å². The molecule has 0 spiro atoms. The lowest BCUT2D eigenvalue weighted by molar-refractivity contribution is -0.0372. The molecule has 0 amide bonds. The summed E-state index contributed by atoms with van der Waals surface area (Å²) in [6.07, 6.45) is 3.98. The third kappa shape index (κ3) is 2.19. The monoisotopic (exact) mass is 332 g/mol. The van der Waals surface area contributed by atoms with Crippen LogP contribution < -0.4 is 4.74 Å². The first-order chi connectivity index (χ1) is 11.5. The molecule has 132 valence electrons. The van der Waals surface area contributed by atoms with Gasteiger partial charge in [0.15, 0.2) is 11.5 Å². The van der Waals surface area contributed by atoms with Gasteiger partial charge in [-0.25, -0.2) is 0 Å².